The normalized spacial score (nSPS) is 9.85. The number of carbonyl (C=O) groups is 1. The molecule has 0 saturated carbocycles. The summed E-state index contributed by atoms with van der Waals surface area (Å²) in [4.78, 5) is 21.5. The van der Waals surface area contributed by atoms with Crippen LogP contribution in [0.3, 0.4) is 0 Å². The Bertz CT molecular complexity index is 570. The van der Waals surface area contributed by atoms with Gasteiger partial charge in [-0.1, -0.05) is 0 Å². The molecule has 0 heterocycles. The van der Waals surface area contributed by atoms with E-state index in [1.54, 1.807) is 0 Å². The largest absolute Gasteiger partial charge is 0.352 e. The van der Waals surface area contributed by atoms with Gasteiger partial charge in [0.05, 0.1) is 17.1 Å². The maximum absolute atomic E-state index is 13.1. The molecule has 1 aromatic carbocycles. The van der Waals surface area contributed by atoms with Gasteiger partial charge in [-0.05, 0) is 18.9 Å². The van der Waals surface area contributed by atoms with Crippen molar-refractivity contribution in [3.05, 3.63) is 39.4 Å². The number of rotatable bonds is 6. The topological polar surface area (TPSA) is 96.0 Å². The number of benzene rings is 1. The monoisotopic (exact) mass is 283 g/mol. The third-order valence-electron chi connectivity index (χ3n) is 2.48. The second-order valence-electron chi connectivity index (χ2n) is 3.91. The minimum absolute atomic E-state index is 0.191. The zero-order valence-electron chi connectivity index (χ0n) is 10.4. The minimum Gasteiger partial charge on any atom is -0.352 e. The number of nitrogens with one attached hydrogen (secondary N) is 1. The Balaban J connectivity index is 2.79. The van der Waals surface area contributed by atoms with Gasteiger partial charge in [-0.15, -0.1) is 0 Å². The van der Waals surface area contributed by atoms with Crippen molar-refractivity contribution < 1.29 is 18.5 Å². The zero-order chi connectivity index (χ0) is 15.1. The Kier molecular flexibility index (Phi) is 5.53. The highest BCUT2D eigenvalue weighted by molar-refractivity contribution is 5.98. The molecule has 106 valence electrons. The van der Waals surface area contributed by atoms with Crippen molar-refractivity contribution in [1.82, 2.24) is 5.32 Å². The van der Waals surface area contributed by atoms with Crippen LogP contribution in [0.15, 0.2) is 12.1 Å². The number of hydrogen-bond donors (Lipinski definition) is 1. The van der Waals surface area contributed by atoms with Crippen LogP contribution in [0, 0.1) is 33.1 Å². The molecule has 20 heavy (non-hydrogen) atoms. The van der Waals surface area contributed by atoms with Crippen LogP contribution in [0.25, 0.3) is 0 Å². The van der Waals surface area contributed by atoms with Crippen LogP contribution in [0.1, 0.15) is 29.6 Å². The molecule has 1 aromatic rings. The fourth-order valence-corrected chi connectivity index (χ4v) is 1.50. The molecule has 0 atom stereocenters. The van der Waals surface area contributed by atoms with Gasteiger partial charge in [0, 0.05) is 13.0 Å². The first-order chi connectivity index (χ1) is 9.47. The maximum atomic E-state index is 13.1. The second kappa shape index (κ2) is 7.13. The number of halogens is 2. The Morgan fingerprint density at radius 2 is 2.00 bits per heavy atom. The molecule has 0 aliphatic rings. The van der Waals surface area contributed by atoms with Crippen molar-refractivity contribution in [3.63, 3.8) is 0 Å². The van der Waals surface area contributed by atoms with Crippen LogP contribution in [0.5, 0.6) is 0 Å². The first-order valence-electron chi connectivity index (χ1n) is 5.76. The van der Waals surface area contributed by atoms with Gasteiger partial charge < -0.3 is 5.32 Å². The highest BCUT2D eigenvalue weighted by Crippen LogP contribution is 2.22. The standard InChI is InChI=1S/C12H11F2N3O3/c13-9-6-8(11(17(19)20)7-10(9)14)12(18)16-5-3-1-2-4-15/h6-7H,1-3,5H2,(H,16,18). The van der Waals surface area contributed by atoms with Crippen LogP contribution < -0.4 is 5.32 Å². The molecule has 0 aromatic heterocycles. The first-order valence-corrected chi connectivity index (χ1v) is 5.76. The predicted octanol–water partition coefficient (Wildman–Crippen LogP) is 2.30. The van der Waals surface area contributed by atoms with Crippen LogP contribution in [-0.2, 0) is 0 Å². The Labute approximate surface area is 113 Å². The zero-order valence-corrected chi connectivity index (χ0v) is 10.4. The lowest BCUT2D eigenvalue weighted by Crippen LogP contribution is -2.25. The average Bonchev–Trinajstić information content (AvgIpc) is 2.40. The SMILES string of the molecule is N#CCCCCNC(=O)c1cc(F)c(F)cc1[N+](=O)[O-]. The van der Waals surface area contributed by atoms with Crippen LogP contribution in [0.2, 0.25) is 0 Å². The summed E-state index contributed by atoms with van der Waals surface area (Å²) in [5.74, 6) is -3.57. The smallest absolute Gasteiger partial charge is 0.285 e. The number of unbranched alkanes of at least 4 members (excludes halogenated alkanes) is 2. The number of amides is 1. The molecule has 1 amide bonds. The van der Waals surface area contributed by atoms with Crippen LogP contribution in [-0.4, -0.2) is 17.4 Å². The number of nitriles is 1. The van der Waals surface area contributed by atoms with Crippen molar-refractivity contribution in [2.75, 3.05) is 6.54 Å². The molecular weight excluding hydrogens is 272 g/mol. The fourth-order valence-electron chi connectivity index (χ4n) is 1.50. The number of nitro groups is 1. The molecule has 6 nitrogen and oxygen atoms in total. The summed E-state index contributed by atoms with van der Waals surface area (Å²) in [5.41, 5.74) is -1.33. The van der Waals surface area contributed by atoms with Crippen molar-refractivity contribution in [3.8, 4) is 6.07 Å². The summed E-state index contributed by atoms with van der Waals surface area (Å²) in [5, 5.41) is 21.4. The van der Waals surface area contributed by atoms with E-state index in [2.05, 4.69) is 5.32 Å². The van der Waals surface area contributed by atoms with E-state index in [-0.39, 0.29) is 6.54 Å². The molecule has 8 heteroatoms. The van der Waals surface area contributed by atoms with Crippen molar-refractivity contribution in [2.45, 2.75) is 19.3 Å². The van der Waals surface area contributed by atoms with E-state index in [0.29, 0.717) is 31.4 Å². The summed E-state index contributed by atoms with van der Waals surface area (Å²) >= 11 is 0. The molecule has 0 fully saturated rings. The summed E-state index contributed by atoms with van der Waals surface area (Å²) in [6.45, 7) is 0.191. The van der Waals surface area contributed by atoms with E-state index in [0.717, 1.165) is 0 Å². The lowest BCUT2D eigenvalue weighted by molar-refractivity contribution is -0.385. The molecule has 0 bridgehead atoms. The van der Waals surface area contributed by atoms with Gasteiger partial charge in [-0.3, -0.25) is 14.9 Å². The lowest BCUT2D eigenvalue weighted by atomic mass is 10.1. The van der Waals surface area contributed by atoms with Gasteiger partial charge in [0.2, 0.25) is 0 Å². The van der Waals surface area contributed by atoms with Gasteiger partial charge in [0.15, 0.2) is 11.6 Å². The summed E-state index contributed by atoms with van der Waals surface area (Å²) in [6.07, 6.45) is 1.41. The van der Waals surface area contributed by atoms with Crippen molar-refractivity contribution in [2.24, 2.45) is 0 Å². The van der Waals surface area contributed by atoms with E-state index in [1.807, 2.05) is 6.07 Å². The predicted molar refractivity (Wildman–Crippen MR) is 64.8 cm³/mol. The Morgan fingerprint density at radius 3 is 2.60 bits per heavy atom. The second-order valence-corrected chi connectivity index (χ2v) is 3.91. The average molecular weight is 283 g/mol. The molecular formula is C12H11F2N3O3. The van der Waals surface area contributed by atoms with E-state index in [4.69, 9.17) is 5.26 Å². The van der Waals surface area contributed by atoms with Crippen LogP contribution >= 0.6 is 0 Å². The maximum Gasteiger partial charge on any atom is 0.285 e. The molecule has 0 aliphatic carbocycles. The number of carbonyl (C=O) groups excluding carboxylic acids is 1. The van der Waals surface area contributed by atoms with Crippen LogP contribution in [0.4, 0.5) is 14.5 Å². The fraction of sp³-hybridized carbons (Fsp3) is 0.333. The number of nitrogens with zero attached hydrogens (tertiary/aromatic N) is 2. The molecule has 0 unspecified atom stereocenters. The molecule has 0 aliphatic heterocycles. The van der Waals surface area contributed by atoms with E-state index >= 15 is 0 Å². The molecule has 1 rings (SSSR count). The van der Waals surface area contributed by atoms with E-state index in [9.17, 15) is 23.7 Å². The summed E-state index contributed by atoms with van der Waals surface area (Å²) in [7, 11) is 0. The lowest BCUT2D eigenvalue weighted by Gasteiger charge is -2.05. The Morgan fingerprint density at radius 1 is 1.35 bits per heavy atom. The third-order valence-corrected chi connectivity index (χ3v) is 2.48. The van der Waals surface area contributed by atoms with E-state index < -0.39 is 33.7 Å². The highest BCUT2D eigenvalue weighted by atomic mass is 19.2. The van der Waals surface area contributed by atoms with Gasteiger partial charge >= 0.3 is 0 Å². The van der Waals surface area contributed by atoms with Gasteiger partial charge in [0.25, 0.3) is 11.6 Å². The molecule has 1 N–H and O–H groups in total. The molecule has 0 spiro atoms. The van der Waals surface area contributed by atoms with Gasteiger partial charge in [-0.25, -0.2) is 8.78 Å². The first kappa shape index (κ1) is 15.5. The summed E-state index contributed by atoms with van der Waals surface area (Å²) in [6, 6.07) is 2.80. The number of hydrogen-bond acceptors (Lipinski definition) is 4. The van der Waals surface area contributed by atoms with Gasteiger partial charge in [0.1, 0.15) is 5.56 Å². The highest BCUT2D eigenvalue weighted by Gasteiger charge is 2.23. The van der Waals surface area contributed by atoms with Gasteiger partial charge in [-0.2, -0.15) is 5.26 Å². The van der Waals surface area contributed by atoms with E-state index in [1.165, 1.54) is 0 Å². The summed E-state index contributed by atoms with van der Waals surface area (Å²) < 4.78 is 26.0. The number of nitro benzene ring substituents is 1. The Hall–Kier alpha value is -2.56. The van der Waals surface area contributed by atoms with Crippen molar-refractivity contribution >= 4 is 11.6 Å². The molecule has 0 saturated heterocycles. The quantitative estimate of drug-likeness (QED) is 0.492. The van der Waals surface area contributed by atoms with Crippen molar-refractivity contribution in [1.29, 1.82) is 5.26 Å². The molecule has 0 radical (unpaired) electrons. The minimum atomic E-state index is -1.39. The third kappa shape index (κ3) is 3.98.